The largest absolute Gasteiger partial charge is 0.396 e. The lowest BCUT2D eigenvalue weighted by molar-refractivity contribution is -0.394. The Morgan fingerprint density at radius 2 is 1.95 bits per heavy atom. The minimum Gasteiger partial charge on any atom is -0.396 e. The van der Waals surface area contributed by atoms with Gasteiger partial charge in [-0.15, -0.1) is 11.8 Å². The summed E-state index contributed by atoms with van der Waals surface area (Å²) in [4.78, 5) is 31.1. The van der Waals surface area contributed by atoms with Crippen molar-refractivity contribution in [3.05, 3.63) is 37.9 Å². The Kier molecular flexibility index (Phi) is 4.78. The molecule has 102 valence electrons. The number of thioether (sulfide) groups is 1. The topological polar surface area (TPSA) is 150 Å². The van der Waals surface area contributed by atoms with Gasteiger partial charge in [0.1, 0.15) is 5.56 Å². The number of primary amides is 1. The average Bonchev–Trinajstić information content (AvgIpc) is 2.34. The van der Waals surface area contributed by atoms with Crippen LogP contribution in [0.1, 0.15) is 10.4 Å². The first-order chi connectivity index (χ1) is 8.88. The number of aliphatic hydroxyl groups is 1. The van der Waals surface area contributed by atoms with Gasteiger partial charge in [0.2, 0.25) is 0 Å². The number of nitro groups is 2. The van der Waals surface area contributed by atoms with Gasteiger partial charge in [-0.2, -0.15) is 0 Å². The zero-order valence-corrected chi connectivity index (χ0v) is 10.3. The maximum Gasteiger partial charge on any atom is 0.290 e. The predicted molar refractivity (Wildman–Crippen MR) is 66.1 cm³/mol. The Morgan fingerprint density at radius 1 is 1.32 bits per heavy atom. The second kappa shape index (κ2) is 6.11. The third-order valence-electron chi connectivity index (χ3n) is 2.07. The molecule has 1 rings (SSSR count). The maximum atomic E-state index is 11.3. The van der Waals surface area contributed by atoms with E-state index in [0.717, 1.165) is 17.8 Å². The molecule has 0 saturated carbocycles. The lowest BCUT2D eigenvalue weighted by Gasteiger charge is -2.06. The van der Waals surface area contributed by atoms with Gasteiger partial charge in [0.05, 0.1) is 22.5 Å². The molecule has 0 aromatic heterocycles. The number of nitrogens with zero attached hydrogens (tertiary/aromatic N) is 2. The molecular weight excluding hydrogens is 278 g/mol. The van der Waals surface area contributed by atoms with Crippen LogP contribution in [0.5, 0.6) is 0 Å². The number of hydrogen-bond donors (Lipinski definition) is 2. The normalized spacial score (nSPS) is 10.2. The maximum absolute atomic E-state index is 11.3. The lowest BCUT2D eigenvalue weighted by atomic mass is 10.1. The van der Waals surface area contributed by atoms with Gasteiger partial charge < -0.3 is 10.8 Å². The fourth-order valence-corrected chi connectivity index (χ4v) is 2.22. The SMILES string of the molecule is NC(=O)c1c(SCCO)cc([N+](=O)[O-])cc1[N+](=O)[O-]. The molecule has 9 nitrogen and oxygen atoms in total. The van der Waals surface area contributed by atoms with Crippen molar-refractivity contribution in [1.29, 1.82) is 0 Å². The minimum atomic E-state index is -1.05. The lowest BCUT2D eigenvalue weighted by Crippen LogP contribution is -2.15. The summed E-state index contributed by atoms with van der Waals surface area (Å²) in [7, 11) is 0. The second-order valence-corrected chi connectivity index (χ2v) is 4.43. The summed E-state index contributed by atoms with van der Waals surface area (Å²) in [5, 5.41) is 30.2. The van der Waals surface area contributed by atoms with Gasteiger partial charge in [0.25, 0.3) is 17.3 Å². The number of hydrogen-bond acceptors (Lipinski definition) is 7. The summed E-state index contributed by atoms with van der Waals surface area (Å²) in [6.45, 7) is -0.251. The number of nitro benzene ring substituents is 2. The molecule has 19 heavy (non-hydrogen) atoms. The van der Waals surface area contributed by atoms with Crippen molar-refractivity contribution in [3.8, 4) is 0 Å². The van der Waals surface area contributed by atoms with E-state index in [1.165, 1.54) is 0 Å². The van der Waals surface area contributed by atoms with E-state index in [1.807, 2.05) is 0 Å². The van der Waals surface area contributed by atoms with Crippen LogP contribution in [0.2, 0.25) is 0 Å². The summed E-state index contributed by atoms with van der Waals surface area (Å²) < 4.78 is 0. The number of carbonyl (C=O) groups is 1. The molecule has 0 atom stereocenters. The first kappa shape index (κ1) is 14.9. The number of rotatable bonds is 6. The number of aliphatic hydroxyl groups excluding tert-OH is 1. The molecule has 0 radical (unpaired) electrons. The Labute approximate surface area is 110 Å². The van der Waals surface area contributed by atoms with E-state index in [9.17, 15) is 25.0 Å². The molecule has 1 aromatic rings. The van der Waals surface area contributed by atoms with Gasteiger partial charge in [-0.25, -0.2) is 0 Å². The van der Waals surface area contributed by atoms with Gasteiger partial charge in [-0.3, -0.25) is 25.0 Å². The third kappa shape index (κ3) is 3.39. The van der Waals surface area contributed by atoms with Crippen LogP contribution in [0, 0.1) is 20.2 Å². The molecule has 0 saturated heterocycles. The van der Waals surface area contributed by atoms with Crippen LogP contribution < -0.4 is 5.73 Å². The van der Waals surface area contributed by atoms with Crippen LogP contribution in [-0.4, -0.2) is 33.2 Å². The van der Waals surface area contributed by atoms with E-state index in [-0.39, 0.29) is 17.3 Å². The van der Waals surface area contributed by atoms with Crippen LogP contribution in [-0.2, 0) is 0 Å². The monoisotopic (exact) mass is 287 g/mol. The van der Waals surface area contributed by atoms with Gasteiger partial charge >= 0.3 is 0 Å². The highest BCUT2D eigenvalue weighted by Gasteiger charge is 2.27. The van der Waals surface area contributed by atoms with Gasteiger partial charge in [0, 0.05) is 16.7 Å². The highest BCUT2D eigenvalue weighted by atomic mass is 32.2. The van der Waals surface area contributed by atoms with Crippen molar-refractivity contribution in [2.45, 2.75) is 4.90 Å². The standard InChI is InChI=1S/C9H9N3O6S/c10-9(14)8-6(12(17)18)3-5(11(15)16)4-7(8)19-2-1-13/h3-4,13H,1-2H2,(H2,10,14). The summed E-state index contributed by atoms with van der Waals surface area (Å²) in [5.41, 5.74) is 3.43. The van der Waals surface area contributed by atoms with Crippen molar-refractivity contribution in [2.24, 2.45) is 5.73 Å². The molecular formula is C9H9N3O6S. The first-order valence-electron chi connectivity index (χ1n) is 4.88. The molecule has 3 N–H and O–H groups in total. The molecule has 0 bridgehead atoms. The molecule has 1 aromatic carbocycles. The van der Waals surface area contributed by atoms with E-state index in [0.29, 0.717) is 6.07 Å². The van der Waals surface area contributed by atoms with E-state index in [4.69, 9.17) is 10.8 Å². The molecule has 0 spiro atoms. The Bertz CT molecular complexity index is 547. The van der Waals surface area contributed by atoms with Gasteiger partial charge in [0.15, 0.2) is 0 Å². The van der Waals surface area contributed by atoms with Crippen LogP contribution in [0.3, 0.4) is 0 Å². The van der Waals surface area contributed by atoms with E-state index >= 15 is 0 Å². The van der Waals surface area contributed by atoms with Gasteiger partial charge in [-0.05, 0) is 0 Å². The number of non-ortho nitro benzene ring substituents is 1. The smallest absolute Gasteiger partial charge is 0.290 e. The highest BCUT2D eigenvalue weighted by Crippen LogP contribution is 2.34. The van der Waals surface area contributed by atoms with E-state index in [1.54, 1.807) is 0 Å². The van der Waals surface area contributed by atoms with E-state index < -0.39 is 32.7 Å². The number of benzene rings is 1. The van der Waals surface area contributed by atoms with Crippen LogP contribution in [0.4, 0.5) is 11.4 Å². The average molecular weight is 287 g/mol. The second-order valence-electron chi connectivity index (χ2n) is 3.29. The van der Waals surface area contributed by atoms with Crippen LogP contribution in [0.15, 0.2) is 17.0 Å². The van der Waals surface area contributed by atoms with Crippen molar-refractivity contribution in [1.82, 2.24) is 0 Å². The molecule has 0 heterocycles. The quantitative estimate of drug-likeness (QED) is 0.443. The van der Waals surface area contributed by atoms with Crippen molar-refractivity contribution in [2.75, 3.05) is 12.4 Å². The van der Waals surface area contributed by atoms with Crippen LogP contribution >= 0.6 is 11.8 Å². The molecule has 1 amide bonds. The third-order valence-corrected chi connectivity index (χ3v) is 3.09. The summed E-state index contributed by atoms with van der Waals surface area (Å²) in [6.07, 6.45) is 0. The van der Waals surface area contributed by atoms with E-state index in [2.05, 4.69) is 0 Å². The van der Waals surface area contributed by atoms with Crippen molar-refractivity contribution in [3.63, 3.8) is 0 Å². The predicted octanol–water partition coefficient (Wildman–Crippen LogP) is 0.686. The molecule has 0 fully saturated rings. The highest BCUT2D eigenvalue weighted by molar-refractivity contribution is 7.99. The van der Waals surface area contributed by atoms with Crippen molar-refractivity contribution >= 4 is 29.0 Å². The Hall–Kier alpha value is -2.20. The number of nitrogens with two attached hydrogens (primary N) is 1. The Balaban J connectivity index is 3.50. The fourth-order valence-electron chi connectivity index (χ4n) is 1.35. The molecule has 0 aliphatic carbocycles. The molecule has 10 heteroatoms. The van der Waals surface area contributed by atoms with Crippen LogP contribution in [0.25, 0.3) is 0 Å². The van der Waals surface area contributed by atoms with Gasteiger partial charge in [-0.1, -0.05) is 0 Å². The molecule has 0 aliphatic heterocycles. The fraction of sp³-hybridized carbons (Fsp3) is 0.222. The zero-order valence-electron chi connectivity index (χ0n) is 9.44. The van der Waals surface area contributed by atoms with Crippen molar-refractivity contribution < 1.29 is 19.7 Å². The first-order valence-corrected chi connectivity index (χ1v) is 5.87. The molecule has 0 unspecified atom stereocenters. The number of carbonyl (C=O) groups excluding carboxylic acids is 1. The Morgan fingerprint density at radius 3 is 2.37 bits per heavy atom. The summed E-state index contributed by atoms with van der Waals surface area (Å²) >= 11 is 0.879. The zero-order chi connectivity index (χ0) is 14.6. The molecule has 0 aliphatic rings. The minimum absolute atomic E-state index is 0.00227. The summed E-state index contributed by atoms with van der Waals surface area (Å²) in [6, 6.07) is 1.70. The number of amides is 1. The summed E-state index contributed by atoms with van der Waals surface area (Å²) in [5.74, 6) is -0.930.